The van der Waals surface area contributed by atoms with Crippen LogP contribution < -0.4 is 0 Å². The number of aromatic nitrogens is 2. The molecule has 1 N–H and O–H groups in total. The fraction of sp³-hybridized carbons (Fsp3) is 0.667. The maximum Gasteiger partial charge on any atom is 0.303 e. The average molecular weight is 277 g/mol. The number of carbonyl (C=O) groups is 1. The first-order valence-corrected chi connectivity index (χ1v) is 7.33. The van der Waals surface area contributed by atoms with Gasteiger partial charge in [-0.25, -0.2) is 0 Å². The van der Waals surface area contributed by atoms with E-state index in [2.05, 4.69) is 28.7 Å². The molecule has 5 heteroatoms. The van der Waals surface area contributed by atoms with Gasteiger partial charge in [-0.1, -0.05) is 0 Å². The number of likely N-dealkylation sites (tertiary alicyclic amines) is 1. The minimum absolute atomic E-state index is 0.112. The number of piperidine rings is 1. The zero-order chi connectivity index (χ0) is 14.5. The van der Waals surface area contributed by atoms with Crippen molar-refractivity contribution in [1.29, 1.82) is 0 Å². The molecular weight excluding hydrogens is 254 g/mol. The van der Waals surface area contributed by atoms with Crippen molar-refractivity contribution >= 4 is 5.97 Å². The van der Waals surface area contributed by atoms with E-state index >= 15 is 0 Å². The molecule has 0 radical (unpaired) electrons. The Balaban J connectivity index is 1.89. The van der Waals surface area contributed by atoms with Gasteiger partial charge in [0.25, 0.3) is 0 Å². The van der Waals surface area contributed by atoms with Gasteiger partial charge in [-0.15, -0.1) is 0 Å². The van der Waals surface area contributed by atoms with Gasteiger partial charge in [-0.2, -0.15) is 0 Å². The first-order valence-electron chi connectivity index (χ1n) is 7.33. The van der Waals surface area contributed by atoms with Crippen LogP contribution in [0.15, 0.2) is 12.4 Å². The molecule has 0 atom stereocenters. The van der Waals surface area contributed by atoms with Gasteiger partial charge in [-0.05, 0) is 39.8 Å². The summed E-state index contributed by atoms with van der Waals surface area (Å²) in [7, 11) is 0. The number of aliphatic carboxylic acids is 1. The maximum atomic E-state index is 10.5. The van der Waals surface area contributed by atoms with E-state index in [1.165, 1.54) is 0 Å². The molecule has 0 bridgehead atoms. The highest BCUT2D eigenvalue weighted by atomic mass is 16.4. The molecule has 5 nitrogen and oxygen atoms in total. The first-order chi connectivity index (χ1) is 9.56. The van der Waals surface area contributed by atoms with E-state index in [1.807, 2.05) is 6.20 Å². The van der Waals surface area contributed by atoms with Crippen LogP contribution in [0.25, 0.3) is 0 Å². The molecular formula is C15H23N3O2. The second-order valence-corrected chi connectivity index (χ2v) is 5.73. The number of nitrogens with zero attached hydrogens (tertiary/aromatic N) is 3. The Morgan fingerprint density at radius 1 is 1.35 bits per heavy atom. The molecule has 0 spiro atoms. The van der Waals surface area contributed by atoms with Crippen molar-refractivity contribution in [3.05, 3.63) is 23.8 Å². The Morgan fingerprint density at radius 2 is 2.05 bits per heavy atom. The van der Waals surface area contributed by atoms with E-state index < -0.39 is 5.97 Å². The van der Waals surface area contributed by atoms with E-state index in [0.29, 0.717) is 18.4 Å². The lowest BCUT2D eigenvalue weighted by Crippen LogP contribution is -2.38. The van der Waals surface area contributed by atoms with Crippen molar-refractivity contribution in [2.45, 2.75) is 51.5 Å². The summed E-state index contributed by atoms with van der Waals surface area (Å²) in [6, 6.07) is 0.612. The largest absolute Gasteiger partial charge is 0.481 e. The van der Waals surface area contributed by atoms with Crippen LogP contribution in [0.3, 0.4) is 0 Å². The SMILES string of the molecule is CC(C)N1CCC(c2cnc(CCC(=O)O)cn2)CC1. The predicted molar refractivity (Wildman–Crippen MR) is 76.7 cm³/mol. The molecule has 0 aliphatic carbocycles. The lowest BCUT2D eigenvalue weighted by Gasteiger charge is -2.34. The molecule has 0 saturated carbocycles. The zero-order valence-electron chi connectivity index (χ0n) is 12.2. The Morgan fingerprint density at radius 3 is 2.55 bits per heavy atom. The van der Waals surface area contributed by atoms with Crippen molar-refractivity contribution in [2.75, 3.05) is 13.1 Å². The molecule has 110 valence electrons. The van der Waals surface area contributed by atoms with Crippen LogP contribution in [0.1, 0.15) is 50.4 Å². The summed E-state index contributed by atoms with van der Waals surface area (Å²) in [6.07, 6.45) is 6.37. The fourth-order valence-electron chi connectivity index (χ4n) is 2.65. The smallest absolute Gasteiger partial charge is 0.303 e. The van der Waals surface area contributed by atoms with Gasteiger partial charge in [0.05, 0.1) is 17.8 Å². The molecule has 1 aromatic rings. The van der Waals surface area contributed by atoms with Crippen LogP contribution in [-0.4, -0.2) is 45.1 Å². The van der Waals surface area contributed by atoms with Crippen LogP contribution in [-0.2, 0) is 11.2 Å². The summed E-state index contributed by atoms with van der Waals surface area (Å²) in [5, 5.41) is 8.65. The molecule has 20 heavy (non-hydrogen) atoms. The molecule has 1 fully saturated rings. The summed E-state index contributed by atoms with van der Waals surface area (Å²) < 4.78 is 0. The summed E-state index contributed by atoms with van der Waals surface area (Å²) in [5.41, 5.74) is 1.81. The number of hydrogen-bond acceptors (Lipinski definition) is 4. The highest BCUT2D eigenvalue weighted by Crippen LogP contribution is 2.26. The highest BCUT2D eigenvalue weighted by Gasteiger charge is 2.23. The quantitative estimate of drug-likeness (QED) is 0.892. The van der Waals surface area contributed by atoms with Gasteiger partial charge in [0, 0.05) is 30.8 Å². The van der Waals surface area contributed by atoms with Gasteiger partial charge in [0.15, 0.2) is 0 Å². The Kier molecular flexibility index (Phi) is 5.06. The molecule has 0 unspecified atom stereocenters. The molecule has 2 heterocycles. The van der Waals surface area contributed by atoms with Crippen molar-refractivity contribution in [1.82, 2.24) is 14.9 Å². The number of aryl methyl sites for hydroxylation is 1. The lowest BCUT2D eigenvalue weighted by atomic mass is 9.93. The summed E-state index contributed by atoms with van der Waals surface area (Å²) >= 11 is 0. The van der Waals surface area contributed by atoms with E-state index in [1.54, 1.807) is 6.20 Å². The van der Waals surface area contributed by atoms with E-state index in [-0.39, 0.29) is 6.42 Å². The highest BCUT2D eigenvalue weighted by molar-refractivity contribution is 5.66. The van der Waals surface area contributed by atoms with Crippen LogP contribution in [0.2, 0.25) is 0 Å². The summed E-state index contributed by atoms with van der Waals surface area (Å²) in [6.45, 7) is 6.70. The third kappa shape index (κ3) is 4.00. The molecule has 2 rings (SSSR count). The minimum Gasteiger partial charge on any atom is -0.481 e. The summed E-state index contributed by atoms with van der Waals surface area (Å²) in [4.78, 5) is 21.8. The standard InChI is InChI=1S/C15H23N3O2/c1-11(2)18-7-5-12(6-8-18)14-10-16-13(9-17-14)3-4-15(19)20/h9-12H,3-8H2,1-2H3,(H,19,20). The number of rotatable bonds is 5. The average Bonchev–Trinajstić information content (AvgIpc) is 2.46. The van der Waals surface area contributed by atoms with Crippen molar-refractivity contribution in [3.8, 4) is 0 Å². The van der Waals surface area contributed by atoms with Gasteiger partial charge in [0.2, 0.25) is 0 Å². The number of carboxylic acids is 1. The predicted octanol–water partition coefficient (Wildman–Crippen LogP) is 2.08. The van der Waals surface area contributed by atoms with Crippen LogP contribution >= 0.6 is 0 Å². The van der Waals surface area contributed by atoms with E-state index in [4.69, 9.17) is 5.11 Å². The van der Waals surface area contributed by atoms with E-state index in [9.17, 15) is 4.79 Å². The van der Waals surface area contributed by atoms with Gasteiger partial charge in [0.1, 0.15) is 0 Å². The monoisotopic (exact) mass is 277 g/mol. The van der Waals surface area contributed by atoms with Crippen molar-refractivity contribution < 1.29 is 9.90 Å². The Labute approximate surface area is 120 Å². The molecule has 1 saturated heterocycles. The molecule has 1 aromatic heterocycles. The maximum absolute atomic E-state index is 10.5. The van der Waals surface area contributed by atoms with Crippen LogP contribution in [0, 0.1) is 0 Å². The fourth-order valence-corrected chi connectivity index (χ4v) is 2.65. The topological polar surface area (TPSA) is 66.3 Å². The zero-order valence-corrected chi connectivity index (χ0v) is 12.2. The second kappa shape index (κ2) is 6.79. The molecule has 0 amide bonds. The first kappa shape index (κ1) is 14.9. The van der Waals surface area contributed by atoms with E-state index in [0.717, 1.165) is 37.3 Å². The molecule has 1 aliphatic rings. The van der Waals surface area contributed by atoms with Crippen LogP contribution in [0.4, 0.5) is 0 Å². The second-order valence-electron chi connectivity index (χ2n) is 5.73. The normalized spacial score (nSPS) is 17.6. The van der Waals surface area contributed by atoms with Crippen molar-refractivity contribution in [3.63, 3.8) is 0 Å². The third-order valence-corrected chi connectivity index (χ3v) is 4.00. The Bertz CT molecular complexity index is 437. The number of hydrogen-bond donors (Lipinski definition) is 1. The summed E-state index contributed by atoms with van der Waals surface area (Å²) in [5.74, 6) is -0.303. The van der Waals surface area contributed by atoms with Gasteiger partial charge >= 0.3 is 5.97 Å². The van der Waals surface area contributed by atoms with Crippen molar-refractivity contribution in [2.24, 2.45) is 0 Å². The van der Waals surface area contributed by atoms with Gasteiger partial charge in [-0.3, -0.25) is 14.8 Å². The molecule has 0 aromatic carbocycles. The Hall–Kier alpha value is -1.49. The lowest BCUT2D eigenvalue weighted by molar-refractivity contribution is -0.136. The third-order valence-electron chi connectivity index (χ3n) is 4.00. The van der Waals surface area contributed by atoms with Gasteiger partial charge < -0.3 is 10.0 Å². The minimum atomic E-state index is -0.795. The number of carboxylic acid groups (broad SMARTS) is 1. The van der Waals surface area contributed by atoms with Crippen LogP contribution in [0.5, 0.6) is 0 Å². The molecule has 1 aliphatic heterocycles.